The third-order valence-electron chi connectivity index (χ3n) is 6.87. The fourth-order valence-corrected chi connectivity index (χ4v) is 4.85. The second-order valence-corrected chi connectivity index (χ2v) is 9.86. The van der Waals surface area contributed by atoms with Gasteiger partial charge in [-0.15, -0.1) is 0 Å². The Morgan fingerprint density at radius 2 is 1.34 bits per heavy atom. The van der Waals surface area contributed by atoms with Crippen molar-refractivity contribution < 1.29 is 14.4 Å². The number of fused-ring (bicyclic) bond motifs is 1. The van der Waals surface area contributed by atoms with Crippen LogP contribution in [0.5, 0.6) is 0 Å². The van der Waals surface area contributed by atoms with Gasteiger partial charge in [0, 0.05) is 42.5 Å². The molecule has 5 aromatic rings. The van der Waals surface area contributed by atoms with Crippen LogP contribution in [0, 0.1) is 6.92 Å². The van der Waals surface area contributed by atoms with E-state index in [1.807, 2.05) is 49.4 Å². The summed E-state index contributed by atoms with van der Waals surface area (Å²) >= 11 is 0. The first-order valence-corrected chi connectivity index (χ1v) is 13.1. The van der Waals surface area contributed by atoms with Crippen LogP contribution in [-0.4, -0.2) is 31.5 Å². The van der Waals surface area contributed by atoms with Crippen molar-refractivity contribution in [3.63, 3.8) is 0 Å². The normalized spacial score (nSPS) is 11.7. The highest BCUT2D eigenvalue weighted by Gasteiger charge is 2.24. The summed E-state index contributed by atoms with van der Waals surface area (Å²) in [6, 6.07) is 22.5. The minimum absolute atomic E-state index is 0.171. The van der Waals surface area contributed by atoms with Crippen molar-refractivity contribution in [1.82, 2.24) is 14.0 Å². The van der Waals surface area contributed by atoms with Crippen molar-refractivity contribution in [2.45, 2.75) is 33.7 Å². The lowest BCUT2D eigenvalue weighted by molar-refractivity contribution is -0.115. The Morgan fingerprint density at radius 1 is 0.780 bits per heavy atom. The number of aryl methyl sites for hydroxylation is 1. The smallest absolute Gasteiger partial charge is 0.267 e. The van der Waals surface area contributed by atoms with Gasteiger partial charge in [-0.05, 0) is 55.8 Å². The largest absolute Gasteiger partial charge is 0.326 e. The van der Waals surface area contributed by atoms with Crippen LogP contribution in [0.25, 0.3) is 28.2 Å². The van der Waals surface area contributed by atoms with Gasteiger partial charge in [0.2, 0.25) is 17.6 Å². The van der Waals surface area contributed by atoms with Crippen molar-refractivity contribution in [1.29, 1.82) is 0 Å². The minimum atomic E-state index is -0.705. The number of Topliss-reactive ketones (excluding diaryl/α,β-unsaturated/α-hetero) is 1. The minimum Gasteiger partial charge on any atom is -0.326 e. The van der Waals surface area contributed by atoms with Gasteiger partial charge in [0.05, 0.1) is 23.0 Å². The number of benzene rings is 3. The van der Waals surface area contributed by atoms with Gasteiger partial charge in [0.25, 0.3) is 5.56 Å². The van der Waals surface area contributed by atoms with Gasteiger partial charge >= 0.3 is 0 Å². The molecule has 206 valence electrons. The number of carbonyl (C=O) groups is 3. The van der Waals surface area contributed by atoms with Crippen LogP contribution in [0.2, 0.25) is 0 Å². The molecule has 1 atom stereocenters. The summed E-state index contributed by atoms with van der Waals surface area (Å²) in [7, 11) is 0. The SMILES string of the molecule is CC(=O)Nc1ccc(C(=O)C(C)n2cc(-c3ccccc3)c(=O)n3c(C)c(-c4ccc(NC(C)=O)cc4)nc23)cc1. The summed E-state index contributed by atoms with van der Waals surface area (Å²) in [6.45, 7) is 6.46. The lowest BCUT2D eigenvalue weighted by Gasteiger charge is -2.18. The van der Waals surface area contributed by atoms with Crippen LogP contribution in [0.1, 0.15) is 42.9 Å². The Labute approximate surface area is 236 Å². The first-order chi connectivity index (χ1) is 19.6. The third-order valence-corrected chi connectivity index (χ3v) is 6.87. The molecular formula is C32H29N5O4. The van der Waals surface area contributed by atoms with E-state index in [4.69, 9.17) is 4.98 Å². The van der Waals surface area contributed by atoms with E-state index in [0.29, 0.717) is 39.7 Å². The molecular weight excluding hydrogens is 518 g/mol. The van der Waals surface area contributed by atoms with E-state index in [0.717, 1.165) is 11.1 Å². The predicted octanol–water partition coefficient (Wildman–Crippen LogP) is 5.50. The molecule has 2 amide bonds. The summed E-state index contributed by atoms with van der Waals surface area (Å²) in [4.78, 5) is 55.2. The lowest BCUT2D eigenvalue weighted by Crippen LogP contribution is -2.25. The molecule has 0 aliphatic carbocycles. The summed E-state index contributed by atoms with van der Waals surface area (Å²) < 4.78 is 3.28. The number of amides is 2. The summed E-state index contributed by atoms with van der Waals surface area (Å²) in [6.07, 6.45) is 1.69. The molecule has 2 aromatic heterocycles. The summed E-state index contributed by atoms with van der Waals surface area (Å²) in [5, 5.41) is 5.45. The quantitative estimate of drug-likeness (QED) is 0.261. The number of aromatic nitrogens is 3. The number of nitrogens with one attached hydrogen (secondary N) is 2. The number of nitrogens with zero attached hydrogens (tertiary/aromatic N) is 3. The lowest BCUT2D eigenvalue weighted by atomic mass is 10.0. The van der Waals surface area contributed by atoms with Gasteiger partial charge in [-0.2, -0.15) is 0 Å². The van der Waals surface area contributed by atoms with E-state index in [9.17, 15) is 19.2 Å². The van der Waals surface area contributed by atoms with Crippen molar-refractivity contribution in [2.75, 3.05) is 10.6 Å². The van der Waals surface area contributed by atoms with Gasteiger partial charge in [0.1, 0.15) is 0 Å². The molecule has 0 bridgehead atoms. The van der Waals surface area contributed by atoms with Gasteiger partial charge in [0.15, 0.2) is 5.78 Å². The summed E-state index contributed by atoms with van der Waals surface area (Å²) in [5.74, 6) is -0.207. The molecule has 0 fully saturated rings. The van der Waals surface area contributed by atoms with E-state index in [1.54, 1.807) is 58.5 Å². The number of hydrogen-bond donors (Lipinski definition) is 2. The van der Waals surface area contributed by atoms with E-state index in [2.05, 4.69) is 10.6 Å². The van der Waals surface area contributed by atoms with E-state index >= 15 is 0 Å². The van der Waals surface area contributed by atoms with Crippen LogP contribution >= 0.6 is 0 Å². The molecule has 2 heterocycles. The maximum atomic E-state index is 13.9. The number of rotatable bonds is 7. The van der Waals surface area contributed by atoms with Gasteiger partial charge in [-0.1, -0.05) is 42.5 Å². The number of ketones is 1. The number of carbonyl (C=O) groups excluding carboxylic acids is 3. The maximum absolute atomic E-state index is 13.9. The standard InChI is InChI=1S/C32H29N5O4/c1-19-29(24-10-14-26(15-11-24)33-21(3)38)35-32-36(18-28(31(41)37(19)32)23-8-6-5-7-9-23)20(2)30(40)25-12-16-27(17-13-25)34-22(4)39/h5-18,20H,1-4H3,(H,33,38)(H,34,39). The third kappa shape index (κ3) is 5.42. The van der Waals surface area contributed by atoms with Crippen molar-refractivity contribution in [3.8, 4) is 22.4 Å². The molecule has 1 unspecified atom stereocenters. The number of imidazole rings is 1. The Balaban J connectivity index is 1.65. The molecule has 0 radical (unpaired) electrons. The molecule has 0 aliphatic rings. The van der Waals surface area contributed by atoms with Crippen LogP contribution in [0.3, 0.4) is 0 Å². The highest BCUT2D eigenvalue weighted by molar-refractivity contribution is 6.00. The average Bonchev–Trinajstić information content (AvgIpc) is 3.30. The van der Waals surface area contributed by atoms with Crippen LogP contribution in [-0.2, 0) is 9.59 Å². The second kappa shape index (κ2) is 11.1. The topological polar surface area (TPSA) is 115 Å². The zero-order chi connectivity index (χ0) is 29.3. The van der Waals surface area contributed by atoms with Gasteiger partial charge in [-0.25, -0.2) is 9.38 Å². The fourth-order valence-electron chi connectivity index (χ4n) is 4.85. The Bertz CT molecular complexity index is 1840. The maximum Gasteiger partial charge on any atom is 0.267 e. The molecule has 0 saturated carbocycles. The van der Waals surface area contributed by atoms with E-state index in [1.165, 1.54) is 13.8 Å². The molecule has 2 N–H and O–H groups in total. The molecule has 0 saturated heterocycles. The number of hydrogen-bond acceptors (Lipinski definition) is 5. The van der Waals surface area contributed by atoms with Crippen LogP contribution in [0.15, 0.2) is 89.9 Å². The molecule has 0 aliphatic heterocycles. The second-order valence-electron chi connectivity index (χ2n) is 9.86. The Hall–Kier alpha value is -5.31. The first kappa shape index (κ1) is 27.3. The molecule has 41 heavy (non-hydrogen) atoms. The fraction of sp³-hybridized carbons (Fsp3) is 0.156. The summed E-state index contributed by atoms with van der Waals surface area (Å²) in [5.41, 5.74) is 4.61. The highest BCUT2D eigenvalue weighted by Crippen LogP contribution is 2.28. The molecule has 9 heteroatoms. The zero-order valence-electron chi connectivity index (χ0n) is 23.1. The first-order valence-electron chi connectivity index (χ1n) is 13.1. The van der Waals surface area contributed by atoms with Crippen LogP contribution < -0.4 is 16.2 Å². The predicted molar refractivity (Wildman–Crippen MR) is 159 cm³/mol. The van der Waals surface area contributed by atoms with Crippen molar-refractivity contribution in [3.05, 3.63) is 107 Å². The highest BCUT2D eigenvalue weighted by atomic mass is 16.2. The van der Waals surface area contributed by atoms with Crippen molar-refractivity contribution >= 4 is 34.8 Å². The molecule has 3 aromatic carbocycles. The average molecular weight is 548 g/mol. The van der Waals surface area contributed by atoms with E-state index < -0.39 is 6.04 Å². The Morgan fingerprint density at radius 3 is 1.90 bits per heavy atom. The number of anilines is 2. The van der Waals surface area contributed by atoms with Crippen LogP contribution in [0.4, 0.5) is 11.4 Å². The Kier molecular flexibility index (Phi) is 7.35. The monoisotopic (exact) mass is 547 g/mol. The molecule has 5 rings (SSSR count). The van der Waals surface area contributed by atoms with Gasteiger partial charge < -0.3 is 15.2 Å². The molecule has 9 nitrogen and oxygen atoms in total. The van der Waals surface area contributed by atoms with Crippen molar-refractivity contribution in [2.24, 2.45) is 0 Å². The van der Waals surface area contributed by atoms with E-state index in [-0.39, 0.29) is 23.2 Å². The zero-order valence-corrected chi connectivity index (χ0v) is 23.1. The molecule has 0 spiro atoms. The van der Waals surface area contributed by atoms with Gasteiger partial charge in [-0.3, -0.25) is 19.2 Å².